The van der Waals surface area contributed by atoms with E-state index in [0.717, 1.165) is 24.6 Å². The fourth-order valence-electron chi connectivity index (χ4n) is 2.04. The molecule has 1 aromatic heterocycles. The van der Waals surface area contributed by atoms with Crippen LogP contribution in [0.15, 0.2) is 5.38 Å². The van der Waals surface area contributed by atoms with Crippen LogP contribution in [-0.2, 0) is 11.3 Å². The first-order chi connectivity index (χ1) is 9.10. The van der Waals surface area contributed by atoms with Crippen LogP contribution in [0.1, 0.15) is 35.8 Å². The second-order valence-corrected chi connectivity index (χ2v) is 6.16. The summed E-state index contributed by atoms with van der Waals surface area (Å²) >= 11 is 1.44. The maximum absolute atomic E-state index is 12.2. The van der Waals surface area contributed by atoms with Crippen molar-refractivity contribution >= 4 is 17.2 Å². The normalized spacial score (nSPS) is 19.4. The highest BCUT2D eigenvalue weighted by atomic mass is 32.1. The highest BCUT2D eigenvalue weighted by Gasteiger charge is 2.28. The molecule has 1 aliphatic rings. The number of nitrogens with zero attached hydrogens (tertiary/aromatic N) is 2. The predicted octanol–water partition coefficient (Wildman–Crippen LogP) is 1.49. The molecule has 1 fully saturated rings. The Labute approximate surface area is 117 Å². The van der Waals surface area contributed by atoms with Gasteiger partial charge in [0.15, 0.2) is 0 Å². The van der Waals surface area contributed by atoms with Gasteiger partial charge in [0.2, 0.25) is 0 Å². The molecule has 2 heterocycles. The molecule has 2 rings (SSSR count). The summed E-state index contributed by atoms with van der Waals surface area (Å²) in [4.78, 5) is 18.3. The molecular formula is C13H21N3O2S. The van der Waals surface area contributed by atoms with Crippen molar-refractivity contribution in [1.29, 1.82) is 0 Å². The molecule has 1 aromatic rings. The van der Waals surface area contributed by atoms with E-state index in [1.807, 2.05) is 4.90 Å². The second kappa shape index (κ2) is 6.45. The zero-order valence-corrected chi connectivity index (χ0v) is 12.3. The van der Waals surface area contributed by atoms with Gasteiger partial charge in [-0.05, 0) is 12.3 Å². The summed E-state index contributed by atoms with van der Waals surface area (Å²) in [6.07, 6.45) is 1.07. The third kappa shape index (κ3) is 3.75. The summed E-state index contributed by atoms with van der Waals surface area (Å²) in [5, 5.41) is 2.59. The fourth-order valence-corrected chi connectivity index (χ4v) is 2.69. The molecule has 2 N–H and O–H groups in total. The molecule has 0 spiro atoms. The van der Waals surface area contributed by atoms with Crippen molar-refractivity contribution in [2.24, 2.45) is 11.7 Å². The molecule has 0 saturated carbocycles. The van der Waals surface area contributed by atoms with Crippen LogP contribution in [0.2, 0.25) is 0 Å². The van der Waals surface area contributed by atoms with Crippen molar-refractivity contribution in [3.8, 4) is 0 Å². The number of amides is 1. The number of ether oxygens (including phenoxy) is 1. The number of carbonyl (C=O) groups excluding carboxylic acids is 1. The summed E-state index contributed by atoms with van der Waals surface area (Å²) < 4.78 is 5.78. The first-order valence-electron chi connectivity index (χ1n) is 6.65. The summed E-state index contributed by atoms with van der Waals surface area (Å²) in [5.74, 6) is 0.516. The molecule has 19 heavy (non-hydrogen) atoms. The number of carbonyl (C=O) groups is 1. The van der Waals surface area contributed by atoms with Crippen molar-refractivity contribution < 1.29 is 9.53 Å². The van der Waals surface area contributed by atoms with Crippen molar-refractivity contribution in [2.75, 3.05) is 19.7 Å². The van der Waals surface area contributed by atoms with Gasteiger partial charge in [-0.15, -0.1) is 11.3 Å². The van der Waals surface area contributed by atoms with Gasteiger partial charge in [0, 0.05) is 31.6 Å². The number of hydrogen-bond donors (Lipinski definition) is 1. The van der Waals surface area contributed by atoms with E-state index in [0.29, 0.717) is 24.7 Å². The molecule has 0 radical (unpaired) electrons. The maximum Gasteiger partial charge on any atom is 0.273 e. The molecule has 5 nitrogen and oxygen atoms in total. The second-order valence-electron chi connectivity index (χ2n) is 5.22. The minimum Gasteiger partial charge on any atom is -0.376 e. The lowest BCUT2D eigenvalue weighted by Crippen LogP contribution is -2.30. The number of thiazole rings is 1. The molecule has 0 aliphatic carbocycles. The Morgan fingerprint density at radius 2 is 2.47 bits per heavy atom. The van der Waals surface area contributed by atoms with Crippen molar-refractivity contribution in [3.05, 3.63) is 16.1 Å². The minimum absolute atomic E-state index is 0.00778. The SMILES string of the molecule is CC(C)COC1CCN(C(=O)c2csc(CN)n2)C1. The standard InChI is InChI=1S/C13H21N3O2S/c1-9(2)7-18-10-3-4-16(6-10)13(17)11-8-19-12(5-14)15-11/h8-10H,3-7,14H2,1-2H3. The molecule has 1 amide bonds. The van der Waals surface area contributed by atoms with Crippen molar-refractivity contribution in [1.82, 2.24) is 9.88 Å². The van der Waals surface area contributed by atoms with E-state index < -0.39 is 0 Å². The van der Waals surface area contributed by atoms with Gasteiger partial charge in [-0.1, -0.05) is 13.8 Å². The molecular weight excluding hydrogens is 262 g/mol. The van der Waals surface area contributed by atoms with E-state index >= 15 is 0 Å². The quantitative estimate of drug-likeness (QED) is 0.889. The maximum atomic E-state index is 12.2. The van der Waals surface area contributed by atoms with Crippen LogP contribution in [0.4, 0.5) is 0 Å². The van der Waals surface area contributed by atoms with Gasteiger partial charge >= 0.3 is 0 Å². The molecule has 1 aliphatic heterocycles. The zero-order valence-electron chi connectivity index (χ0n) is 11.5. The monoisotopic (exact) mass is 283 g/mol. The van der Waals surface area contributed by atoms with Gasteiger partial charge < -0.3 is 15.4 Å². The first-order valence-corrected chi connectivity index (χ1v) is 7.53. The number of likely N-dealkylation sites (tertiary alicyclic amines) is 1. The average Bonchev–Trinajstić information content (AvgIpc) is 3.04. The summed E-state index contributed by atoms with van der Waals surface area (Å²) in [6.45, 7) is 6.81. The molecule has 106 valence electrons. The number of nitrogens with two attached hydrogens (primary N) is 1. The van der Waals surface area contributed by atoms with Crippen LogP contribution in [-0.4, -0.2) is 41.6 Å². The number of hydrogen-bond acceptors (Lipinski definition) is 5. The topological polar surface area (TPSA) is 68.5 Å². The number of rotatable bonds is 5. The lowest BCUT2D eigenvalue weighted by Gasteiger charge is -2.16. The Morgan fingerprint density at radius 3 is 3.11 bits per heavy atom. The smallest absolute Gasteiger partial charge is 0.273 e. The lowest BCUT2D eigenvalue weighted by atomic mass is 10.2. The third-order valence-electron chi connectivity index (χ3n) is 3.04. The predicted molar refractivity (Wildman–Crippen MR) is 75.1 cm³/mol. The highest BCUT2D eigenvalue weighted by Crippen LogP contribution is 2.18. The summed E-state index contributed by atoms with van der Waals surface area (Å²) in [7, 11) is 0. The van der Waals surface area contributed by atoms with Crippen LogP contribution in [0.25, 0.3) is 0 Å². The van der Waals surface area contributed by atoms with E-state index in [1.165, 1.54) is 11.3 Å². The minimum atomic E-state index is -0.00778. The first kappa shape index (κ1) is 14.4. The van der Waals surface area contributed by atoms with Gasteiger partial charge in [0.1, 0.15) is 10.7 Å². The lowest BCUT2D eigenvalue weighted by molar-refractivity contribution is 0.0395. The van der Waals surface area contributed by atoms with Gasteiger partial charge in [-0.25, -0.2) is 4.98 Å². The van der Waals surface area contributed by atoms with E-state index in [1.54, 1.807) is 5.38 Å². The van der Waals surface area contributed by atoms with Gasteiger partial charge in [0.05, 0.1) is 6.10 Å². The summed E-state index contributed by atoms with van der Waals surface area (Å²) in [5.41, 5.74) is 6.02. The van der Waals surface area contributed by atoms with Gasteiger partial charge in [-0.2, -0.15) is 0 Å². The zero-order chi connectivity index (χ0) is 13.8. The number of aromatic nitrogens is 1. The largest absolute Gasteiger partial charge is 0.376 e. The van der Waals surface area contributed by atoms with Crippen LogP contribution >= 0.6 is 11.3 Å². The highest BCUT2D eigenvalue weighted by molar-refractivity contribution is 7.09. The van der Waals surface area contributed by atoms with Crippen LogP contribution < -0.4 is 5.73 Å². The Balaban J connectivity index is 1.87. The van der Waals surface area contributed by atoms with Gasteiger partial charge in [0.25, 0.3) is 5.91 Å². The Hall–Kier alpha value is -0.980. The van der Waals surface area contributed by atoms with Gasteiger partial charge in [-0.3, -0.25) is 4.79 Å². The molecule has 1 saturated heterocycles. The van der Waals surface area contributed by atoms with Crippen molar-refractivity contribution in [2.45, 2.75) is 32.9 Å². The molecule has 6 heteroatoms. The van der Waals surface area contributed by atoms with E-state index in [4.69, 9.17) is 10.5 Å². The molecule has 0 aromatic carbocycles. The van der Waals surface area contributed by atoms with E-state index in [2.05, 4.69) is 18.8 Å². The van der Waals surface area contributed by atoms with E-state index in [-0.39, 0.29) is 12.0 Å². The average molecular weight is 283 g/mol. The third-order valence-corrected chi connectivity index (χ3v) is 3.91. The van der Waals surface area contributed by atoms with Crippen LogP contribution in [0.5, 0.6) is 0 Å². The Kier molecular flexibility index (Phi) is 4.90. The van der Waals surface area contributed by atoms with Crippen LogP contribution in [0.3, 0.4) is 0 Å². The Morgan fingerprint density at radius 1 is 1.68 bits per heavy atom. The molecule has 1 atom stereocenters. The summed E-state index contributed by atoms with van der Waals surface area (Å²) in [6, 6.07) is 0. The fraction of sp³-hybridized carbons (Fsp3) is 0.692. The van der Waals surface area contributed by atoms with Crippen LogP contribution in [0, 0.1) is 5.92 Å². The van der Waals surface area contributed by atoms with E-state index in [9.17, 15) is 4.79 Å². The Bertz CT molecular complexity index is 433. The molecule has 0 bridgehead atoms. The molecule has 1 unspecified atom stereocenters. The van der Waals surface area contributed by atoms with Crippen molar-refractivity contribution in [3.63, 3.8) is 0 Å².